The summed E-state index contributed by atoms with van der Waals surface area (Å²) in [6.45, 7) is 0. The first-order chi connectivity index (χ1) is 19.9. The molecule has 2 aliphatic heterocycles. The Balaban J connectivity index is 1.70. The zero-order valence-electron chi connectivity index (χ0n) is 21.4. The third-order valence-electron chi connectivity index (χ3n) is 7.22. The van der Waals surface area contributed by atoms with Gasteiger partial charge in [0.05, 0.1) is 0 Å². The quantitative estimate of drug-likeness (QED) is 0.130. The molecule has 4 aromatic carbocycles. The second-order valence-electron chi connectivity index (χ2n) is 9.66. The fourth-order valence-electron chi connectivity index (χ4n) is 5.50. The van der Waals surface area contributed by atoms with Gasteiger partial charge < -0.3 is 0 Å². The molecule has 0 amide bonds. The number of hydrogen-bond donors (Lipinski definition) is 2. The molecule has 2 N–H and O–H groups in total. The zero-order valence-corrected chi connectivity index (χ0v) is 23.9. The molecular weight excluding hydrogens is 613 g/mol. The Labute approximate surface area is 246 Å². The van der Waals surface area contributed by atoms with Crippen LogP contribution in [0.5, 0.6) is 0 Å². The van der Waals surface area contributed by atoms with Crippen molar-refractivity contribution in [1.29, 1.82) is 0 Å². The number of alkyl halides is 6. The molecule has 0 fully saturated rings. The topological polar surface area (TPSA) is 33.3 Å². The normalized spacial score (nSPS) is 19.2. The summed E-state index contributed by atoms with van der Waals surface area (Å²) in [5.41, 5.74) is -4.49. The van der Waals surface area contributed by atoms with E-state index in [1.165, 1.54) is 24.3 Å². The molecule has 3 nitrogen and oxygen atoms in total. The van der Waals surface area contributed by atoms with Crippen molar-refractivity contribution in [2.75, 3.05) is 10.6 Å². The number of nitrogens with one attached hydrogen (secondary N) is 2. The van der Waals surface area contributed by atoms with Crippen LogP contribution in [0.2, 0.25) is 0 Å². The minimum absolute atomic E-state index is 0.0464. The van der Waals surface area contributed by atoms with Gasteiger partial charge in [0.2, 0.25) is 0 Å². The van der Waals surface area contributed by atoms with Gasteiger partial charge in [-0.2, -0.15) is 0 Å². The van der Waals surface area contributed by atoms with Crippen LogP contribution in [0.25, 0.3) is 0 Å². The summed E-state index contributed by atoms with van der Waals surface area (Å²) in [5, 5.41) is 6.59. The Morgan fingerprint density at radius 1 is 0.690 bits per heavy atom. The Kier molecular flexibility index (Phi) is 6.73. The van der Waals surface area contributed by atoms with Gasteiger partial charge in [-0.15, -0.1) is 0 Å². The Bertz CT molecular complexity index is 1690. The second-order valence-corrected chi connectivity index (χ2v) is 16.8. The van der Waals surface area contributed by atoms with Crippen LogP contribution in [0.3, 0.4) is 0 Å². The van der Waals surface area contributed by atoms with E-state index in [4.69, 9.17) is 16.7 Å². The van der Waals surface area contributed by atoms with Gasteiger partial charge in [-0.25, -0.2) is 0 Å². The van der Waals surface area contributed by atoms with Crippen LogP contribution in [0.1, 0.15) is 5.56 Å². The molecule has 1 spiro atoms. The molecular formula is C30H21F6N2OPS2. The first-order valence-corrected chi connectivity index (χ1v) is 16.6. The Hall–Kier alpha value is -3.37. The summed E-state index contributed by atoms with van der Waals surface area (Å²) >= 11 is 6.69. The van der Waals surface area contributed by atoms with Crippen molar-refractivity contribution < 1.29 is 30.9 Å². The van der Waals surface area contributed by atoms with Gasteiger partial charge in [-0.05, 0) is 0 Å². The van der Waals surface area contributed by atoms with E-state index in [-0.39, 0.29) is 20.9 Å². The zero-order chi connectivity index (χ0) is 29.8. The summed E-state index contributed by atoms with van der Waals surface area (Å²) in [6.07, 6.45) is -11.7. The number of rotatable bonds is 5. The summed E-state index contributed by atoms with van der Waals surface area (Å²) < 4.78 is 95.8. The number of benzene rings is 4. The molecule has 0 aromatic heterocycles. The first-order valence-electron chi connectivity index (χ1n) is 12.6. The van der Waals surface area contributed by atoms with Crippen LogP contribution < -0.4 is 21.2 Å². The average molecular weight is 635 g/mol. The van der Waals surface area contributed by atoms with Crippen LogP contribution in [0, 0.1) is 0 Å². The molecule has 0 bridgehead atoms. The molecule has 2 aliphatic rings. The molecule has 0 atom stereocenters. The average Bonchev–Trinajstić information content (AvgIpc) is 3.26. The molecule has 0 aliphatic carbocycles. The van der Waals surface area contributed by atoms with Crippen LogP contribution in [-0.4, -0.2) is 17.3 Å². The molecule has 0 radical (unpaired) electrons. The number of anilines is 2. The molecule has 0 saturated heterocycles. The summed E-state index contributed by atoms with van der Waals surface area (Å²) in [4.78, 5) is -0.0464. The van der Waals surface area contributed by atoms with E-state index in [1.807, 2.05) is 0 Å². The molecule has 0 unspecified atom stereocenters. The molecule has 42 heavy (non-hydrogen) atoms. The second kappa shape index (κ2) is 9.84. The van der Waals surface area contributed by atoms with Gasteiger partial charge in [0, 0.05) is 0 Å². The van der Waals surface area contributed by atoms with E-state index in [1.54, 1.807) is 78.9 Å². The van der Waals surface area contributed by atoms with E-state index in [9.17, 15) is 26.3 Å². The van der Waals surface area contributed by atoms with Gasteiger partial charge in [0.15, 0.2) is 0 Å². The summed E-state index contributed by atoms with van der Waals surface area (Å²) in [7, 11) is 0. The predicted octanol–water partition coefficient (Wildman–Crippen LogP) is 8.84. The van der Waals surface area contributed by atoms with Crippen molar-refractivity contribution in [1.82, 2.24) is 0 Å². The molecule has 6 rings (SSSR count). The number of para-hydroxylation sites is 2. The van der Waals surface area contributed by atoms with E-state index >= 15 is 0 Å². The van der Waals surface area contributed by atoms with Crippen LogP contribution in [0.4, 0.5) is 37.7 Å². The van der Waals surface area contributed by atoms with Crippen LogP contribution in [-0.2, 0) is 10.1 Å². The fraction of sp³-hybridized carbons (Fsp3) is 0.100. The fourth-order valence-corrected chi connectivity index (χ4v) is 16.2. The Morgan fingerprint density at radius 3 is 1.76 bits per heavy atom. The van der Waals surface area contributed by atoms with E-state index < -0.39 is 29.5 Å². The van der Waals surface area contributed by atoms with Gasteiger partial charge in [-0.3, -0.25) is 0 Å². The predicted molar refractivity (Wildman–Crippen MR) is 161 cm³/mol. The minimum atomic E-state index is -5.85. The molecule has 216 valence electrons. The van der Waals surface area contributed by atoms with Gasteiger partial charge >= 0.3 is 247 Å². The Morgan fingerprint density at radius 2 is 1.19 bits per heavy atom. The maximum absolute atomic E-state index is 15.0. The van der Waals surface area contributed by atoms with Crippen molar-refractivity contribution in [3.8, 4) is 0 Å². The number of fused-ring (bicyclic) bond motifs is 2. The SMILES string of the molecule is FC(F)(F)C1(C(F)(F)F)OP2(c3ccccc3)(SC(Nc3ccccc3)=C2C(=S)Nc2ccccc2)c2ccccc21. The number of halogens is 6. The van der Waals surface area contributed by atoms with E-state index in [0.29, 0.717) is 16.4 Å². The van der Waals surface area contributed by atoms with Crippen molar-refractivity contribution in [3.05, 3.63) is 131 Å². The van der Waals surface area contributed by atoms with Gasteiger partial charge in [0.1, 0.15) is 0 Å². The standard InChI is InChI=1S/C30H21F6N2OPS2/c31-29(32,33)28(30(34,35)36)23-18-10-11-19-24(23)40(39-28,22-16-8-3-9-17-22)25(26(41)37-20-12-4-1-5-13-20)27(42-40)38-21-14-6-2-7-15-21/h1-19,38H,(H,37,41). The number of hydrogen-bond acceptors (Lipinski definition) is 4. The summed E-state index contributed by atoms with van der Waals surface area (Å²) in [6, 6.07) is 24.9. The number of thiocarbonyl (C=S) groups is 1. The maximum atomic E-state index is 15.0. The molecule has 2 heterocycles. The van der Waals surface area contributed by atoms with Crippen molar-refractivity contribution in [2.45, 2.75) is 18.0 Å². The monoisotopic (exact) mass is 634 g/mol. The first kappa shape index (κ1) is 28.7. The van der Waals surface area contributed by atoms with Crippen molar-refractivity contribution >= 4 is 56.6 Å². The molecule has 12 heteroatoms. The van der Waals surface area contributed by atoms with Crippen LogP contribution >= 0.6 is 29.6 Å². The third-order valence-corrected chi connectivity index (χ3v) is 16.6. The van der Waals surface area contributed by atoms with Crippen LogP contribution in [0.15, 0.2) is 126 Å². The molecule has 0 saturated carbocycles. The summed E-state index contributed by atoms with van der Waals surface area (Å²) in [5.74, 6) is 0. The third kappa shape index (κ3) is 3.94. The molecule has 4 aromatic rings. The van der Waals surface area contributed by atoms with E-state index in [2.05, 4.69) is 10.6 Å². The van der Waals surface area contributed by atoms with Gasteiger partial charge in [-0.1, -0.05) is 0 Å². The van der Waals surface area contributed by atoms with Crippen molar-refractivity contribution in [2.24, 2.45) is 0 Å². The van der Waals surface area contributed by atoms with E-state index in [0.717, 1.165) is 23.5 Å². The van der Waals surface area contributed by atoms with Crippen molar-refractivity contribution in [3.63, 3.8) is 0 Å². The van der Waals surface area contributed by atoms with Gasteiger partial charge in [0.25, 0.3) is 0 Å².